The van der Waals surface area contributed by atoms with Gasteiger partial charge < -0.3 is 108 Å². The highest BCUT2D eigenvalue weighted by Crippen LogP contribution is 2.47. The molecule has 1 aliphatic carbocycles. The number of phenolic OH excluding ortho intramolecular Hbond substituents is 2. The van der Waals surface area contributed by atoms with E-state index in [4.69, 9.17) is 56.8 Å². The van der Waals surface area contributed by atoms with E-state index in [0.717, 1.165) is 0 Å². The summed E-state index contributed by atoms with van der Waals surface area (Å²) in [5.41, 5.74) is -0.731. The number of benzene rings is 3. The molecule has 0 aromatic heterocycles. The topological polar surface area (TPSA) is 356 Å². The zero-order chi connectivity index (χ0) is 60.8. The maximum absolute atomic E-state index is 15.4. The Bertz CT molecular complexity index is 2780. The number of hydrogen-bond acceptors (Lipinski definition) is 24. The van der Waals surface area contributed by atoms with Crippen molar-refractivity contribution in [1.82, 2.24) is 5.32 Å². The molecular weight excluding hydrogens is 1110 g/mol. The van der Waals surface area contributed by atoms with Crippen LogP contribution in [0.1, 0.15) is 101 Å². The fraction of sp³-hybridized carbons (Fsp3) is 0.678. The van der Waals surface area contributed by atoms with Gasteiger partial charge in [-0.1, -0.05) is 30.3 Å². The summed E-state index contributed by atoms with van der Waals surface area (Å²) in [6, 6.07) is 10.8. The van der Waals surface area contributed by atoms with E-state index in [1.807, 2.05) is 0 Å². The van der Waals surface area contributed by atoms with Crippen LogP contribution in [0.15, 0.2) is 42.5 Å². The second-order valence-electron chi connectivity index (χ2n) is 23.4. The lowest BCUT2D eigenvalue weighted by Gasteiger charge is -2.46. The second-order valence-corrected chi connectivity index (χ2v) is 23.4. The molecule has 10 N–H and O–H groups in total. The van der Waals surface area contributed by atoms with Gasteiger partial charge in [-0.15, -0.1) is 0 Å². The van der Waals surface area contributed by atoms with Gasteiger partial charge in [0, 0.05) is 57.1 Å². The first-order valence-corrected chi connectivity index (χ1v) is 28.6. The number of aliphatic hydroxyl groups excluding tert-OH is 6. The molecule has 3 aromatic carbocycles. The van der Waals surface area contributed by atoms with Crippen LogP contribution in [0.4, 0.5) is 0 Å². The summed E-state index contributed by atoms with van der Waals surface area (Å²) < 4.78 is 72.5. The lowest BCUT2D eigenvalue weighted by molar-refractivity contribution is -0.334. The van der Waals surface area contributed by atoms with Crippen molar-refractivity contribution in [2.24, 2.45) is 5.92 Å². The molecule has 84 heavy (non-hydrogen) atoms. The van der Waals surface area contributed by atoms with Gasteiger partial charge in [0.05, 0.1) is 78.6 Å². The van der Waals surface area contributed by atoms with Crippen molar-refractivity contribution >= 4 is 28.4 Å². The van der Waals surface area contributed by atoms with Crippen LogP contribution in [-0.2, 0) is 74.5 Å². The molecule has 466 valence electrons. The fourth-order valence-electron chi connectivity index (χ4n) is 12.4. The average molecular weight is 1190 g/mol. The maximum atomic E-state index is 15.4. The van der Waals surface area contributed by atoms with E-state index in [9.17, 15) is 55.5 Å². The number of carbonyl (C=O) groups excluding carboxylic acids is 3. The first kappa shape index (κ1) is 63.7. The highest BCUT2D eigenvalue weighted by molar-refractivity contribution is 6.11. The normalized spacial score (nSPS) is 39.0. The number of ketones is 1. The molecule has 9 rings (SSSR count). The van der Waals surface area contributed by atoms with Crippen LogP contribution >= 0.6 is 0 Å². The fourth-order valence-corrected chi connectivity index (χ4v) is 12.4. The summed E-state index contributed by atoms with van der Waals surface area (Å²) in [4.78, 5) is 43.3. The molecule has 25 heteroatoms. The predicted molar refractivity (Wildman–Crippen MR) is 290 cm³/mol. The van der Waals surface area contributed by atoms with Crippen LogP contribution in [0, 0.1) is 12.8 Å². The van der Waals surface area contributed by atoms with Gasteiger partial charge >= 0.3 is 5.97 Å². The summed E-state index contributed by atoms with van der Waals surface area (Å²) >= 11 is 0. The van der Waals surface area contributed by atoms with Crippen LogP contribution in [0.3, 0.4) is 0 Å². The van der Waals surface area contributed by atoms with Gasteiger partial charge in [-0.05, 0) is 83.5 Å². The van der Waals surface area contributed by atoms with Crippen LogP contribution in [0.2, 0.25) is 0 Å². The van der Waals surface area contributed by atoms with E-state index in [1.54, 1.807) is 71.0 Å². The number of nitrogens with one attached hydrogen (secondary N) is 1. The zero-order valence-electron chi connectivity index (χ0n) is 48.4. The van der Waals surface area contributed by atoms with Gasteiger partial charge in [-0.25, -0.2) is 4.79 Å². The molecule has 5 fully saturated rings. The molecule has 5 aliphatic heterocycles. The van der Waals surface area contributed by atoms with Gasteiger partial charge in [-0.2, -0.15) is 0 Å². The number of rotatable bonds is 17. The Hall–Kier alpha value is -4.75. The number of phenols is 2. The first-order valence-electron chi connectivity index (χ1n) is 28.6. The lowest BCUT2D eigenvalue weighted by atomic mass is 9.76. The third-order valence-corrected chi connectivity index (χ3v) is 17.2. The third kappa shape index (κ3) is 13.5. The molecule has 6 aliphatic rings. The average Bonchev–Trinajstić information content (AvgIpc) is 1.35. The van der Waals surface area contributed by atoms with Gasteiger partial charge in [0.15, 0.2) is 30.9 Å². The minimum absolute atomic E-state index is 0.0320. The van der Waals surface area contributed by atoms with Crippen molar-refractivity contribution in [3.63, 3.8) is 0 Å². The number of carbonyl (C=O) groups is 3. The molecule has 1 amide bonds. The van der Waals surface area contributed by atoms with E-state index in [2.05, 4.69) is 5.32 Å². The quantitative estimate of drug-likeness (QED) is 0.0853. The van der Waals surface area contributed by atoms with Crippen molar-refractivity contribution in [1.29, 1.82) is 0 Å². The second kappa shape index (κ2) is 26.3. The Labute approximate surface area is 485 Å². The van der Waals surface area contributed by atoms with Gasteiger partial charge in [0.2, 0.25) is 12.2 Å². The number of fused-ring (bicyclic) bond motifs is 2. The van der Waals surface area contributed by atoms with Crippen molar-refractivity contribution in [2.75, 3.05) is 14.2 Å². The highest BCUT2D eigenvalue weighted by Gasteiger charge is 2.51. The Kier molecular flexibility index (Phi) is 20.0. The summed E-state index contributed by atoms with van der Waals surface area (Å²) in [5, 5.41) is 103. The van der Waals surface area contributed by atoms with Gasteiger partial charge in [-0.3, -0.25) is 9.59 Å². The van der Waals surface area contributed by atoms with E-state index < -0.39 is 176 Å². The van der Waals surface area contributed by atoms with Crippen LogP contribution < -0.4 is 10.1 Å². The number of Topliss-reactive ketones (excluding diaryl/α,β-unsaturated/α-hetero) is 1. The van der Waals surface area contributed by atoms with Gasteiger partial charge in [0.25, 0.3) is 0 Å². The summed E-state index contributed by atoms with van der Waals surface area (Å²) in [6.07, 6.45) is -23.5. The third-order valence-electron chi connectivity index (χ3n) is 17.2. The number of hydrogen-bond donors (Lipinski definition) is 10. The minimum atomic E-state index is -1.65. The minimum Gasteiger partial charge on any atom is -0.507 e. The Morgan fingerprint density at radius 1 is 0.690 bits per heavy atom. The Balaban J connectivity index is 0.996. The number of methoxy groups -OCH3 is 2. The summed E-state index contributed by atoms with van der Waals surface area (Å²) in [6.45, 7) is 10.9. The molecule has 3 aromatic rings. The van der Waals surface area contributed by atoms with Crippen molar-refractivity contribution < 1.29 is 117 Å². The Morgan fingerprint density at radius 2 is 1.21 bits per heavy atom. The van der Waals surface area contributed by atoms with E-state index in [-0.39, 0.29) is 78.2 Å². The SMILES string of the molecule is COC(=O)[C@H](Cc1ccccc1)NC(=O)[C@@H](OC)[C@@H]1Cc2cc3cc(OC4CC(OC5CC(O)C(O)C(C)O5)C(O)C(C)O4)c(C)c(O)c3c(O)c2C(=O)[C@H]1OC1CC(OC2CC(OC3CC(C)(O)C(O)C(C)O3)C(O)C(C)O2)C(O)C(C)O1. The zero-order valence-corrected chi connectivity index (χ0v) is 48.4. The largest absolute Gasteiger partial charge is 0.507 e. The smallest absolute Gasteiger partial charge is 0.328 e. The molecule has 5 saturated heterocycles. The molecule has 0 radical (unpaired) electrons. The lowest BCUT2D eigenvalue weighted by Crippen LogP contribution is -2.58. The first-order chi connectivity index (χ1) is 39.8. The van der Waals surface area contributed by atoms with E-state index in [0.29, 0.717) is 5.56 Å². The maximum Gasteiger partial charge on any atom is 0.328 e. The molecule has 0 spiro atoms. The van der Waals surface area contributed by atoms with Crippen molar-refractivity contribution in [3.8, 4) is 17.2 Å². The summed E-state index contributed by atoms with van der Waals surface area (Å²) in [5.74, 6) is -4.59. The van der Waals surface area contributed by atoms with Crippen molar-refractivity contribution in [3.05, 3.63) is 64.7 Å². The van der Waals surface area contributed by atoms with E-state index in [1.165, 1.54) is 34.1 Å². The molecule has 5 heterocycles. The number of aliphatic hydroxyl groups is 7. The molecule has 0 saturated carbocycles. The molecule has 20 unspecified atom stereocenters. The molecule has 25 nitrogen and oxygen atoms in total. The van der Waals surface area contributed by atoms with E-state index >= 15 is 4.79 Å². The predicted octanol–water partition coefficient (Wildman–Crippen LogP) is 1.34. The van der Waals surface area contributed by atoms with Crippen LogP contribution in [0.25, 0.3) is 10.8 Å². The van der Waals surface area contributed by atoms with Crippen LogP contribution in [-0.4, -0.2) is 219 Å². The highest BCUT2D eigenvalue weighted by atomic mass is 16.7. The van der Waals surface area contributed by atoms with Crippen molar-refractivity contribution in [2.45, 2.75) is 234 Å². The molecule has 0 bridgehead atoms. The number of aromatic hydroxyl groups is 2. The molecule has 24 atom stereocenters. The monoisotopic (exact) mass is 1190 g/mol. The number of esters is 1. The Morgan fingerprint density at radius 3 is 1.77 bits per heavy atom. The van der Waals surface area contributed by atoms with Crippen LogP contribution in [0.5, 0.6) is 17.2 Å². The number of ether oxygens (including phenoxy) is 12. The standard InChI is InChI=1S/C59H81NO24/c1-24-36(80-41-20-37(49(64)26(3)76-41)81-40-19-35(61)48(63)25(2)75-40)18-32-16-31-17-33(55(73-8)57(70)60-34(58(71)74-9)15-30-13-11-10-12-14-30)54(53(68)46(31)52(67)45(32)47(24)62)84-43-22-38(50(65)28(5)78-43)82-42-21-39(51(66)27(4)77-42)83-44-23-59(7,72)56(69)29(6)79-44/h10-14,16,18,25-29,33-35,37-44,48-51,54-56,61-67,69,72H,15,17,19-23H2,1-9H3,(H,60,70)/t25?,26?,27?,28?,29?,33-,34+,35?,37?,38?,39?,40?,41?,42?,43?,44?,48?,49?,50?,51?,54+,55+,56?,59?/m1/s1. The summed E-state index contributed by atoms with van der Waals surface area (Å²) in [7, 11) is 2.43. The van der Waals surface area contributed by atoms with Gasteiger partial charge in [0.1, 0.15) is 66.0 Å². The molecular formula is C59H81NO24. The number of amides is 1.